The monoisotopic (exact) mass is 534 g/mol. The summed E-state index contributed by atoms with van der Waals surface area (Å²) in [7, 11) is 0. The number of ether oxygens (including phenoxy) is 3. The molecule has 7 nitrogen and oxygen atoms in total. The number of amidine groups is 1. The summed E-state index contributed by atoms with van der Waals surface area (Å²) in [6.45, 7) is 11.5. The average molecular weight is 535 g/mol. The number of esters is 1. The first-order valence-electron chi connectivity index (χ1n) is 14.1. The van der Waals surface area contributed by atoms with Crippen LogP contribution in [0.5, 0.6) is 17.2 Å². The Kier molecular flexibility index (Phi) is 8.38. The first-order valence-corrected chi connectivity index (χ1v) is 14.1. The van der Waals surface area contributed by atoms with E-state index in [1.54, 1.807) is 26.0 Å². The van der Waals surface area contributed by atoms with Crippen molar-refractivity contribution in [1.29, 1.82) is 0 Å². The third-order valence-electron chi connectivity index (χ3n) is 7.05. The quantitative estimate of drug-likeness (QED) is 0.301. The number of hydrogen-bond donors (Lipinski definition) is 0. The average Bonchev–Trinajstić information content (AvgIpc) is 3.43. The van der Waals surface area contributed by atoms with E-state index in [9.17, 15) is 9.59 Å². The first-order chi connectivity index (χ1) is 18.4. The maximum absolute atomic E-state index is 13.4. The van der Waals surface area contributed by atoms with Gasteiger partial charge in [-0.1, -0.05) is 44.4 Å². The van der Waals surface area contributed by atoms with E-state index in [-0.39, 0.29) is 5.91 Å². The minimum atomic E-state index is -1.16. The number of rotatable bonds is 10. The lowest BCUT2D eigenvalue weighted by Crippen LogP contribution is -2.43. The van der Waals surface area contributed by atoms with Gasteiger partial charge in [0.2, 0.25) is 0 Å². The zero-order chi connectivity index (χ0) is 28.3. The highest BCUT2D eigenvalue weighted by Gasteiger charge is 2.49. The van der Waals surface area contributed by atoms with Crippen molar-refractivity contribution in [2.75, 3.05) is 0 Å². The van der Waals surface area contributed by atoms with E-state index < -0.39 is 22.7 Å². The summed E-state index contributed by atoms with van der Waals surface area (Å²) in [4.78, 5) is 32.9. The van der Waals surface area contributed by atoms with E-state index >= 15 is 0 Å². The summed E-state index contributed by atoms with van der Waals surface area (Å²) in [6.07, 6.45) is 6.81. The zero-order valence-corrected chi connectivity index (χ0v) is 24.2. The predicted molar refractivity (Wildman–Crippen MR) is 152 cm³/mol. The minimum Gasteiger partial charge on any atom is -0.476 e. The second-order valence-corrected chi connectivity index (χ2v) is 12.1. The molecule has 2 aromatic rings. The second-order valence-electron chi connectivity index (χ2n) is 12.1. The van der Waals surface area contributed by atoms with Gasteiger partial charge in [0.1, 0.15) is 34.2 Å². The summed E-state index contributed by atoms with van der Waals surface area (Å²) in [5.41, 5.74) is -1.24. The Morgan fingerprint density at radius 1 is 0.974 bits per heavy atom. The molecule has 2 aromatic carbocycles. The van der Waals surface area contributed by atoms with Crippen molar-refractivity contribution in [3.63, 3.8) is 0 Å². The van der Waals surface area contributed by atoms with Crippen molar-refractivity contribution < 1.29 is 23.8 Å². The molecule has 1 heterocycles. The predicted octanol–water partition coefficient (Wildman–Crippen LogP) is 7.22. The molecule has 210 valence electrons. The number of amides is 1. The molecule has 0 unspecified atom stereocenters. The van der Waals surface area contributed by atoms with Crippen LogP contribution in [0.25, 0.3) is 0 Å². The fourth-order valence-corrected chi connectivity index (χ4v) is 5.02. The Labute approximate surface area is 232 Å². The van der Waals surface area contributed by atoms with Gasteiger partial charge in [0, 0.05) is 12.5 Å². The number of aliphatic imine (C=N–C) groups is 1. The molecule has 1 spiro atoms. The Bertz CT molecular complexity index is 1200. The summed E-state index contributed by atoms with van der Waals surface area (Å²) < 4.78 is 17.5. The number of benzene rings is 2. The van der Waals surface area contributed by atoms with E-state index in [2.05, 4.69) is 6.92 Å². The molecular formula is C32H42N2O5. The highest BCUT2D eigenvalue weighted by Crippen LogP contribution is 2.40. The second kappa shape index (κ2) is 11.4. The first kappa shape index (κ1) is 28.7. The smallest absolute Gasteiger partial charge is 0.350 e. The molecule has 1 saturated carbocycles. The van der Waals surface area contributed by atoms with E-state index in [1.165, 1.54) is 0 Å². The number of unbranched alkanes of at least 4 members (excludes halogenated alkanes) is 1. The molecule has 0 aromatic heterocycles. The molecule has 0 bridgehead atoms. The van der Waals surface area contributed by atoms with Gasteiger partial charge in [0.05, 0.1) is 6.54 Å². The van der Waals surface area contributed by atoms with E-state index in [0.717, 1.165) is 56.3 Å². The molecule has 1 aliphatic carbocycles. The maximum Gasteiger partial charge on any atom is 0.350 e. The minimum absolute atomic E-state index is 0.164. The fourth-order valence-electron chi connectivity index (χ4n) is 5.02. The summed E-state index contributed by atoms with van der Waals surface area (Å²) in [5, 5.41) is 0. The van der Waals surface area contributed by atoms with Crippen LogP contribution in [-0.4, -0.2) is 39.4 Å². The fraction of sp³-hybridized carbons (Fsp3) is 0.531. The van der Waals surface area contributed by atoms with Gasteiger partial charge in [-0.05, 0) is 83.7 Å². The van der Waals surface area contributed by atoms with Crippen LogP contribution in [0.4, 0.5) is 0 Å². The summed E-state index contributed by atoms with van der Waals surface area (Å²) in [5.74, 6) is 2.43. The van der Waals surface area contributed by atoms with Gasteiger partial charge in [-0.2, -0.15) is 0 Å². The maximum atomic E-state index is 13.4. The van der Waals surface area contributed by atoms with Gasteiger partial charge in [-0.3, -0.25) is 14.7 Å². The third-order valence-corrected chi connectivity index (χ3v) is 7.05. The Morgan fingerprint density at radius 3 is 2.28 bits per heavy atom. The SMILES string of the molecule is CCCCC1=NC2(CCCC2)C(=O)N1Cc1ccc(Oc2cccc(OC(C)(C)C(=O)OC(C)(C)C)c2)cc1. The normalized spacial score (nSPS) is 16.9. The molecule has 4 rings (SSSR count). The van der Waals surface area contributed by atoms with Gasteiger partial charge in [0.25, 0.3) is 5.91 Å². The molecule has 7 heteroatoms. The van der Waals surface area contributed by atoms with Gasteiger partial charge < -0.3 is 14.2 Å². The number of nitrogens with zero attached hydrogens (tertiary/aromatic N) is 2. The third kappa shape index (κ3) is 7.00. The molecule has 1 aliphatic heterocycles. The van der Waals surface area contributed by atoms with Crippen molar-refractivity contribution in [3.8, 4) is 17.2 Å². The molecular weight excluding hydrogens is 492 g/mol. The highest BCUT2D eigenvalue weighted by atomic mass is 16.6. The lowest BCUT2D eigenvalue weighted by molar-refractivity contribution is -0.170. The van der Waals surface area contributed by atoms with Crippen molar-refractivity contribution in [2.45, 2.75) is 110 Å². The lowest BCUT2D eigenvalue weighted by Gasteiger charge is -2.29. The van der Waals surface area contributed by atoms with Crippen LogP contribution in [0.1, 0.15) is 92.1 Å². The van der Waals surface area contributed by atoms with Crippen LogP contribution in [-0.2, 0) is 20.9 Å². The Hall–Kier alpha value is -3.35. The van der Waals surface area contributed by atoms with Crippen LogP contribution in [0.3, 0.4) is 0 Å². The molecule has 0 atom stereocenters. The molecule has 2 aliphatic rings. The standard InChI is InChI=1S/C32H42N2O5/c1-7-8-14-27-33-32(19-9-10-20-32)28(35)34(27)22-23-15-17-24(18-16-23)37-25-12-11-13-26(21-25)38-31(5,6)29(36)39-30(2,3)4/h11-13,15-18,21H,7-10,14,19-20,22H2,1-6H3. The zero-order valence-electron chi connectivity index (χ0n) is 24.2. The molecule has 1 fully saturated rings. The van der Waals surface area contributed by atoms with Gasteiger partial charge in [-0.25, -0.2) is 4.79 Å². The van der Waals surface area contributed by atoms with E-state index in [1.807, 2.05) is 62.1 Å². The van der Waals surface area contributed by atoms with Crippen molar-refractivity contribution in [1.82, 2.24) is 4.90 Å². The van der Waals surface area contributed by atoms with Gasteiger partial charge >= 0.3 is 5.97 Å². The van der Waals surface area contributed by atoms with E-state index in [0.29, 0.717) is 23.8 Å². The number of carbonyl (C=O) groups excluding carboxylic acids is 2. The van der Waals surface area contributed by atoms with Crippen LogP contribution in [0, 0.1) is 0 Å². The molecule has 1 amide bonds. The van der Waals surface area contributed by atoms with Crippen LogP contribution >= 0.6 is 0 Å². The van der Waals surface area contributed by atoms with Crippen molar-refractivity contribution in [3.05, 3.63) is 54.1 Å². The Balaban J connectivity index is 1.40. The van der Waals surface area contributed by atoms with E-state index in [4.69, 9.17) is 19.2 Å². The van der Waals surface area contributed by atoms with Gasteiger partial charge in [0.15, 0.2) is 5.60 Å². The van der Waals surface area contributed by atoms with Crippen LogP contribution < -0.4 is 9.47 Å². The van der Waals surface area contributed by atoms with Crippen molar-refractivity contribution in [2.24, 2.45) is 4.99 Å². The lowest BCUT2D eigenvalue weighted by atomic mass is 9.98. The largest absolute Gasteiger partial charge is 0.476 e. The number of carbonyl (C=O) groups is 2. The molecule has 0 saturated heterocycles. The van der Waals surface area contributed by atoms with Crippen LogP contribution in [0.2, 0.25) is 0 Å². The molecule has 0 radical (unpaired) electrons. The highest BCUT2D eigenvalue weighted by molar-refractivity contribution is 6.08. The topological polar surface area (TPSA) is 77.4 Å². The summed E-state index contributed by atoms with van der Waals surface area (Å²) in [6, 6.07) is 15.0. The van der Waals surface area contributed by atoms with Gasteiger partial charge in [-0.15, -0.1) is 0 Å². The number of hydrogen-bond acceptors (Lipinski definition) is 6. The van der Waals surface area contributed by atoms with Crippen LogP contribution in [0.15, 0.2) is 53.5 Å². The van der Waals surface area contributed by atoms with Crippen molar-refractivity contribution >= 4 is 17.7 Å². The molecule has 39 heavy (non-hydrogen) atoms. The summed E-state index contributed by atoms with van der Waals surface area (Å²) >= 11 is 0. The Morgan fingerprint density at radius 2 is 1.64 bits per heavy atom. The molecule has 0 N–H and O–H groups in total.